The van der Waals surface area contributed by atoms with E-state index in [1.54, 1.807) is 30.5 Å². The number of nitrogens with zero attached hydrogens (tertiary/aromatic N) is 3. The van der Waals surface area contributed by atoms with Crippen molar-refractivity contribution < 1.29 is 4.79 Å². The highest BCUT2D eigenvalue weighted by Gasteiger charge is 2.13. The van der Waals surface area contributed by atoms with Crippen LogP contribution in [0, 0.1) is 0 Å². The van der Waals surface area contributed by atoms with Gasteiger partial charge < -0.3 is 5.32 Å². The minimum Gasteiger partial charge on any atom is -0.319 e. The van der Waals surface area contributed by atoms with Crippen LogP contribution in [0.15, 0.2) is 30.5 Å². The van der Waals surface area contributed by atoms with Crippen molar-refractivity contribution in [2.45, 2.75) is 0 Å². The average molecular weight is 325 g/mol. The number of nitrogens with one attached hydrogen (secondary N) is 1. The predicted molar refractivity (Wildman–Crippen MR) is 79.6 cm³/mol. The Kier molecular flexibility index (Phi) is 3.52. The second kappa shape index (κ2) is 5.32. The number of rotatable bonds is 2. The summed E-state index contributed by atoms with van der Waals surface area (Å²) in [4.78, 5) is 16.2. The fourth-order valence-electron chi connectivity index (χ4n) is 1.70. The Morgan fingerprint density at radius 1 is 1.20 bits per heavy atom. The van der Waals surface area contributed by atoms with Crippen molar-refractivity contribution >= 4 is 57.0 Å². The van der Waals surface area contributed by atoms with Crippen LogP contribution in [0.4, 0.5) is 5.69 Å². The molecule has 8 heteroatoms. The fraction of sp³-hybridized carbons (Fsp3) is 0. The third-order valence-electron chi connectivity index (χ3n) is 2.55. The average Bonchev–Trinajstić information content (AvgIpc) is 2.85. The molecule has 1 amide bonds. The van der Waals surface area contributed by atoms with Gasteiger partial charge in [0.05, 0.1) is 11.2 Å². The SMILES string of the molecule is O=C(Nc1ccnc2cc(Cl)ccc12)c1nnc(Cl)s1. The lowest BCUT2D eigenvalue weighted by atomic mass is 10.2. The molecule has 0 bridgehead atoms. The zero-order valence-electron chi connectivity index (χ0n) is 9.80. The second-order valence-electron chi connectivity index (χ2n) is 3.83. The minimum atomic E-state index is -0.364. The van der Waals surface area contributed by atoms with E-state index < -0.39 is 0 Å². The first-order valence-electron chi connectivity index (χ1n) is 5.48. The van der Waals surface area contributed by atoms with Gasteiger partial charge >= 0.3 is 0 Å². The lowest BCUT2D eigenvalue weighted by molar-refractivity contribution is 0.102. The Morgan fingerprint density at radius 3 is 2.80 bits per heavy atom. The maximum absolute atomic E-state index is 12.0. The zero-order chi connectivity index (χ0) is 14.1. The van der Waals surface area contributed by atoms with Gasteiger partial charge in [0.1, 0.15) is 0 Å². The first-order chi connectivity index (χ1) is 9.63. The summed E-state index contributed by atoms with van der Waals surface area (Å²) in [5.74, 6) is -0.364. The van der Waals surface area contributed by atoms with Crippen LogP contribution >= 0.6 is 34.5 Å². The Labute approximate surface area is 127 Å². The largest absolute Gasteiger partial charge is 0.319 e. The topological polar surface area (TPSA) is 67.8 Å². The molecule has 100 valence electrons. The molecule has 0 aliphatic carbocycles. The number of aromatic nitrogens is 3. The summed E-state index contributed by atoms with van der Waals surface area (Å²) in [6.07, 6.45) is 1.60. The van der Waals surface area contributed by atoms with E-state index >= 15 is 0 Å². The van der Waals surface area contributed by atoms with E-state index in [2.05, 4.69) is 20.5 Å². The van der Waals surface area contributed by atoms with Crippen molar-refractivity contribution in [2.75, 3.05) is 5.32 Å². The van der Waals surface area contributed by atoms with Crippen molar-refractivity contribution in [3.8, 4) is 0 Å². The van der Waals surface area contributed by atoms with Gasteiger partial charge in [-0.05, 0) is 35.9 Å². The van der Waals surface area contributed by atoms with Crippen LogP contribution in [-0.2, 0) is 0 Å². The summed E-state index contributed by atoms with van der Waals surface area (Å²) in [5, 5.41) is 11.6. The zero-order valence-corrected chi connectivity index (χ0v) is 12.1. The molecule has 3 rings (SSSR count). The van der Waals surface area contributed by atoms with E-state index in [-0.39, 0.29) is 15.4 Å². The molecule has 0 radical (unpaired) electrons. The number of pyridine rings is 1. The highest BCUT2D eigenvalue weighted by Crippen LogP contribution is 2.25. The Balaban J connectivity index is 1.97. The monoisotopic (exact) mass is 324 g/mol. The molecule has 0 saturated heterocycles. The van der Waals surface area contributed by atoms with E-state index in [0.717, 1.165) is 16.7 Å². The lowest BCUT2D eigenvalue weighted by Crippen LogP contribution is -2.12. The molecular formula is C12H6Cl2N4OS. The number of fused-ring (bicyclic) bond motifs is 1. The van der Waals surface area contributed by atoms with Gasteiger partial charge in [-0.15, -0.1) is 10.2 Å². The Hall–Kier alpha value is -1.76. The number of hydrogen-bond donors (Lipinski definition) is 1. The molecule has 0 fully saturated rings. The van der Waals surface area contributed by atoms with E-state index in [1.165, 1.54) is 0 Å². The molecule has 5 nitrogen and oxygen atoms in total. The molecule has 0 spiro atoms. The molecule has 3 aromatic rings. The van der Waals surface area contributed by atoms with Crippen LogP contribution in [0.3, 0.4) is 0 Å². The summed E-state index contributed by atoms with van der Waals surface area (Å²) >= 11 is 12.6. The summed E-state index contributed by atoms with van der Waals surface area (Å²) in [6.45, 7) is 0. The van der Waals surface area contributed by atoms with E-state index in [0.29, 0.717) is 16.2 Å². The molecule has 2 heterocycles. The molecule has 0 unspecified atom stereocenters. The molecular weight excluding hydrogens is 319 g/mol. The molecule has 0 atom stereocenters. The minimum absolute atomic E-state index is 0.203. The summed E-state index contributed by atoms with van der Waals surface area (Å²) in [7, 11) is 0. The first-order valence-corrected chi connectivity index (χ1v) is 7.05. The third-order valence-corrected chi connectivity index (χ3v) is 3.80. The van der Waals surface area contributed by atoms with Crippen molar-refractivity contribution in [1.29, 1.82) is 0 Å². The van der Waals surface area contributed by atoms with Gasteiger partial charge in [0, 0.05) is 16.6 Å². The van der Waals surface area contributed by atoms with Crippen molar-refractivity contribution in [1.82, 2.24) is 15.2 Å². The summed E-state index contributed by atoms with van der Waals surface area (Å²) in [5.41, 5.74) is 1.33. The lowest BCUT2D eigenvalue weighted by Gasteiger charge is -2.06. The number of amides is 1. The van der Waals surface area contributed by atoms with E-state index in [4.69, 9.17) is 23.2 Å². The fourth-order valence-corrected chi connectivity index (χ4v) is 2.59. The van der Waals surface area contributed by atoms with Crippen LogP contribution in [-0.4, -0.2) is 21.1 Å². The molecule has 0 aliphatic rings. The van der Waals surface area contributed by atoms with Gasteiger partial charge in [0.15, 0.2) is 0 Å². The number of carbonyl (C=O) groups is 1. The highest BCUT2D eigenvalue weighted by atomic mass is 35.5. The van der Waals surface area contributed by atoms with Gasteiger partial charge in [0.2, 0.25) is 9.47 Å². The third kappa shape index (κ3) is 2.58. The van der Waals surface area contributed by atoms with Gasteiger partial charge in [-0.1, -0.05) is 22.9 Å². The Bertz CT molecular complexity index is 805. The summed E-state index contributed by atoms with van der Waals surface area (Å²) in [6, 6.07) is 6.97. The van der Waals surface area contributed by atoms with Gasteiger partial charge in [0.25, 0.3) is 5.91 Å². The van der Waals surface area contributed by atoms with E-state index in [1.807, 2.05) is 0 Å². The van der Waals surface area contributed by atoms with Crippen molar-refractivity contribution in [3.63, 3.8) is 0 Å². The normalized spacial score (nSPS) is 10.7. The predicted octanol–water partition coefficient (Wildman–Crippen LogP) is 3.65. The molecule has 0 aliphatic heterocycles. The number of halogens is 2. The summed E-state index contributed by atoms with van der Waals surface area (Å²) < 4.78 is 0.224. The van der Waals surface area contributed by atoms with Gasteiger partial charge in [-0.2, -0.15) is 0 Å². The van der Waals surface area contributed by atoms with Crippen LogP contribution in [0.2, 0.25) is 9.49 Å². The number of anilines is 1. The molecule has 20 heavy (non-hydrogen) atoms. The smallest absolute Gasteiger partial charge is 0.286 e. The number of benzene rings is 1. The first kappa shape index (κ1) is 13.2. The van der Waals surface area contributed by atoms with E-state index in [9.17, 15) is 4.79 Å². The van der Waals surface area contributed by atoms with Gasteiger partial charge in [-0.25, -0.2) is 0 Å². The molecule has 2 aromatic heterocycles. The molecule has 1 aromatic carbocycles. The second-order valence-corrected chi connectivity index (χ2v) is 5.83. The number of carbonyl (C=O) groups excluding carboxylic acids is 1. The maximum Gasteiger partial charge on any atom is 0.286 e. The van der Waals surface area contributed by atoms with Crippen LogP contribution in [0.1, 0.15) is 9.80 Å². The van der Waals surface area contributed by atoms with Gasteiger partial charge in [-0.3, -0.25) is 9.78 Å². The van der Waals surface area contributed by atoms with Crippen LogP contribution < -0.4 is 5.32 Å². The molecule has 1 N–H and O–H groups in total. The Morgan fingerprint density at radius 2 is 2.05 bits per heavy atom. The highest BCUT2D eigenvalue weighted by molar-refractivity contribution is 7.17. The van der Waals surface area contributed by atoms with Crippen molar-refractivity contribution in [2.24, 2.45) is 0 Å². The molecule has 0 saturated carbocycles. The maximum atomic E-state index is 12.0. The standard InChI is InChI=1S/C12H6Cl2N4OS/c13-6-1-2-7-8(3-4-15-9(7)5-6)16-10(19)11-17-18-12(14)20-11/h1-5H,(H,15,16,19). The van der Waals surface area contributed by atoms with Crippen LogP contribution in [0.25, 0.3) is 10.9 Å². The quantitative estimate of drug-likeness (QED) is 0.781. The van der Waals surface area contributed by atoms with Crippen molar-refractivity contribution in [3.05, 3.63) is 45.0 Å². The number of hydrogen-bond acceptors (Lipinski definition) is 5. The van der Waals surface area contributed by atoms with Crippen LogP contribution in [0.5, 0.6) is 0 Å².